The molecule has 1 atom stereocenters. The van der Waals surface area contributed by atoms with Gasteiger partial charge < -0.3 is 10.3 Å². The van der Waals surface area contributed by atoms with Crippen LogP contribution < -0.4 is 4.73 Å². The lowest BCUT2D eigenvalue weighted by Gasteiger charge is -2.18. The Hall–Kier alpha value is -5.78. The van der Waals surface area contributed by atoms with E-state index < -0.39 is 52.7 Å². The van der Waals surface area contributed by atoms with Gasteiger partial charge in [0.1, 0.15) is 11.9 Å². The number of alkyl halides is 5. The normalized spacial score (nSPS) is 12.5. The Labute approximate surface area is 274 Å². The first kappa shape index (κ1) is 33.1. The first-order valence-electron chi connectivity index (χ1n) is 13.8. The van der Waals surface area contributed by atoms with Gasteiger partial charge >= 0.3 is 18.7 Å². The van der Waals surface area contributed by atoms with Gasteiger partial charge in [0.05, 0.1) is 45.5 Å². The molecule has 0 aliphatic heterocycles. The topological polar surface area (TPSA) is 131 Å². The highest BCUT2D eigenvalue weighted by Gasteiger charge is 2.35. The Morgan fingerprint density at radius 1 is 1.00 bits per heavy atom. The molecule has 0 radical (unpaired) electrons. The molecule has 0 spiro atoms. The SMILES string of the molecule is O=C(O)c1ccc(-c2cnn(C(Cc3ccn(C(F)F)n3)c3ccc(-c4c(-n5cc(C(F)(F)F)nn5)ccc(Cl)c4F)c[n+]3[O-])c2)cc1F. The number of aromatic nitrogens is 8. The number of carbonyl (C=O) groups is 1. The number of halogens is 8. The molecule has 0 saturated heterocycles. The molecule has 19 heteroatoms. The molecule has 4 aromatic heterocycles. The van der Waals surface area contributed by atoms with Gasteiger partial charge in [-0.1, -0.05) is 22.9 Å². The smallest absolute Gasteiger partial charge is 0.436 e. The average Bonchev–Trinajstić information content (AvgIpc) is 3.82. The van der Waals surface area contributed by atoms with E-state index in [1.807, 2.05) is 0 Å². The number of carboxylic acid groups (broad SMARTS) is 1. The number of benzene rings is 2. The summed E-state index contributed by atoms with van der Waals surface area (Å²) in [5.74, 6) is -3.54. The second kappa shape index (κ2) is 12.7. The maximum atomic E-state index is 15.5. The van der Waals surface area contributed by atoms with Crippen molar-refractivity contribution in [2.75, 3.05) is 0 Å². The van der Waals surface area contributed by atoms with E-state index in [0.29, 0.717) is 25.9 Å². The Kier molecular flexibility index (Phi) is 8.57. The molecular weight excluding hydrogens is 689 g/mol. The minimum atomic E-state index is -4.84. The van der Waals surface area contributed by atoms with Crippen molar-refractivity contribution < 1.29 is 45.4 Å². The number of carboxylic acids is 1. The zero-order valence-corrected chi connectivity index (χ0v) is 25.0. The largest absolute Gasteiger partial charge is 0.618 e. The number of hydrogen-bond acceptors (Lipinski definition) is 6. The van der Waals surface area contributed by atoms with E-state index in [1.54, 1.807) is 0 Å². The standard InChI is InChI=1S/C30H18ClF7N8O3/c31-20-4-6-23(45-14-25(40-42-45)30(36,37)38)26(27(20)33)16-2-5-22(46(49)13-16)24(10-18-7-8-43(41-18)29(34)35)44-12-17(11-39-44)15-1-3-19(28(47)48)21(32)9-15/h1-9,11-14,24,29H,10H2,(H,47,48). The fraction of sp³-hybridized carbons (Fsp3) is 0.133. The van der Waals surface area contributed by atoms with Crippen LogP contribution >= 0.6 is 11.6 Å². The molecule has 0 saturated carbocycles. The predicted octanol–water partition coefficient (Wildman–Crippen LogP) is 6.50. The van der Waals surface area contributed by atoms with Crippen LogP contribution in [-0.2, 0) is 12.6 Å². The van der Waals surface area contributed by atoms with Gasteiger partial charge in [-0.05, 0) is 42.0 Å². The molecule has 4 heterocycles. The summed E-state index contributed by atoms with van der Waals surface area (Å²) in [6, 6.07) is 8.48. The average molecular weight is 707 g/mol. The van der Waals surface area contributed by atoms with Crippen molar-refractivity contribution in [2.24, 2.45) is 0 Å². The van der Waals surface area contributed by atoms with Crippen LogP contribution in [0.15, 0.2) is 79.5 Å². The first-order chi connectivity index (χ1) is 23.2. The van der Waals surface area contributed by atoms with Crippen molar-refractivity contribution in [3.05, 3.63) is 124 Å². The highest BCUT2D eigenvalue weighted by atomic mass is 35.5. The van der Waals surface area contributed by atoms with Crippen molar-refractivity contribution in [2.45, 2.75) is 25.2 Å². The number of aromatic carboxylic acids is 1. The van der Waals surface area contributed by atoms with Gasteiger partial charge in [-0.3, -0.25) is 4.68 Å². The first-order valence-corrected chi connectivity index (χ1v) is 14.2. The van der Waals surface area contributed by atoms with E-state index in [9.17, 15) is 36.3 Å². The lowest BCUT2D eigenvalue weighted by atomic mass is 10.0. The molecular formula is C30H18ClF7N8O3. The van der Waals surface area contributed by atoms with Crippen LogP contribution in [0, 0.1) is 16.8 Å². The minimum absolute atomic E-state index is 0.0542. The summed E-state index contributed by atoms with van der Waals surface area (Å²) >= 11 is 5.99. The molecule has 2 aromatic carbocycles. The van der Waals surface area contributed by atoms with Gasteiger partial charge in [0.25, 0.3) is 0 Å². The van der Waals surface area contributed by atoms with Crippen molar-refractivity contribution in [3.63, 3.8) is 0 Å². The van der Waals surface area contributed by atoms with Gasteiger partial charge in [-0.2, -0.15) is 36.9 Å². The molecule has 49 heavy (non-hydrogen) atoms. The Morgan fingerprint density at radius 3 is 2.39 bits per heavy atom. The Bertz CT molecular complexity index is 2200. The van der Waals surface area contributed by atoms with E-state index >= 15 is 4.39 Å². The summed E-state index contributed by atoms with van der Waals surface area (Å²) in [5.41, 5.74) is -1.99. The molecule has 0 fully saturated rings. The number of pyridine rings is 1. The van der Waals surface area contributed by atoms with Crippen molar-refractivity contribution >= 4 is 17.6 Å². The Morgan fingerprint density at radius 2 is 1.76 bits per heavy atom. The summed E-state index contributed by atoms with van der Waals surface area (Å²) in [7, 11) is 0. The van der Waals surface area contributed by atoms with Gasteiger partial charge in [-0.25, -0.2) is 22.9 Å². The van der Waals surface area contributed by atoms with Gasteiger partial charge in [-0.15, -0.1) is 5.10 Å². The lowest BCUT2D eigenvalue weighted by Crippen LogP contribution is -2.36. The molecule has 0 aliphatic carbocycles. The van der Waals surface area contributed by atoms with E-state index in [1.165, 1.54) is 47.4 Å². The predicted molar refractivity (Wildman–Crippen MR) is 156 cm³/mol. The van der Waals surface area contributed by atoms with Gasteiger partial charge in [0, 0.05) is 30.4 Å². The number of rotatable bonds is 9. The molecule has 0 bridgehead atoms. The monoisotopic (exact) mass is 706 g/mol. The van der Waals surface area contributed by atoms with Crippen molar-refractivity contribution in [1.82, 2.24) is 34.6 Å². The summed E-state index contributed by atoms with van der Waals surface area (Å²) in [6.45, 7) is -2.95. The number of hydrogen-bond donors (Lipinski definition) is 1. The number of nitrogens with zero attached hydrogens (tertiary/aromatic N) is 8. The molecule has 0 aliphatic rings. The van der Waals surface area contributed by atoms with Crippen molar-refractivity contribution in [3.8, 4) is 27.9 Å². The van der Waals surface area contributed by atoms with E-state index in [2.05, 4.69) is 20.5 Å². The second-order valence-corrected chi connectivity index (χ2v) is 10.9. The van der Waals surface area contributed by atoms with E-state index in [-0.39, 0.29) is 40.2 Å². The van der Waals surface area contributed by atoms with Crippen LogP contribution in [0.1, 0.15) is 40.0 Å². The summed E-state index contributed by atoms with van der Waals surface area (Å²) < 4.78 is 98.8. The summed E-state index contributed by atoms with van der Waals surface area (Å²) in [6.07, 6.45) is 0.210. The van der Waals surface area contributed by atoms with Crippen LogP contribution in [0.25, 0.3) is 27.9 Å². The van der Waals surface area contributed by atoms with Crippen LogP contribution in [0.3, 0.4) is 0 Å². The molecule has 252 valence electrons. The molecule has 0 amide bonds. The maximum absolute atomic E-state index is 15.5. The highest BCUT2D eigenvalue weighted by Crippen LogP contribution is 2.35. The zero-order valence-electron chi connectivity index (χ0n) is 24.2. The maximum Gasteiger partial charge on any atom is 0.436 e. The molecule has 6 aromatic rings. The minimum Gasteiger partial charge on any atom is -0.618 e. The summed E-state index contributed by atoms with van der Waals surface area (Å²) in [5, 5.41) is 37.0. The summed E-state index contributed by atoms with van der Waals surface area (Å²) in [4.78, 5) is 11.2. The second-order valence-electron chi connectivity index (χ2n) is 10.5. The van der Waals surface area contributed by atoms with Crippen LogP contribution in [-0.4, -0.2) is 45.6 Å². The fourth-order valence-electron chi connectivity index (χ4n) is 5.07. The van der Waals surface area contributed by atoms with Gasteiger partial charge in [0.15, 0.2) is 17.7 Å². The molecule has 1 unspecified atom stereocenters. The third-order valence-electron chi connectivity index (χ3n) is 7.40. The molecule has 6 rings (SSSR count). The third kappa shape index (κ3) is 6.54. The third-order valence-corrected chi connectivity index (χ3v) is 7.69. The lowest BCUT2D eigenvalue weighted by molar-refractivity contribution is -0.615. The highest BCUT2D eigenvalue weighted by molar-refractivity contribution is 6.31. The van der Waals surface area contributed by atoms with E-state index in [0.717, 1.165) is 30.6 Å². The van der Waals surface area contributed by atoms with Crippen LogP contribution in [0.2, 0.25) is 5.02 Å². The fourth-order valence-corrected chi connectivity index (χ4v) is 5.23. The van der Waals surface area contributed by atoms with Crippen LogP contribution in [0.5, 0.6) is 0 Å². The molecule has 11 nitrogen and oxygen atoms in total. The van der Waals surface area contributed by atoms with E-state index in [4.69, 9.17) is 16.7 Å². The quantitative estimate of drug-likeness (QED) is 0.103. The van der Waals surface area contributed by atoms with Crippen LogP contribution in [0.4, 0.5) is 30.7 Å². The molecule has 1 N–H and O–H groups in total. The zero-order chi connectivity index (χ0) is 35.2. The Balaban J connectivity index is 1.42. The van der Waals surface area contributed by atoms with Crippen molar-refractivity contribution in [1.29, 1.82) is 0 Å². The van der Waals surface area contributed by atoms with Gasteiger partial charge in [0.2, 0.25) is 5.69 Å².